The fourth-order valence-corrected chi connectivity index (χ4v) is 1.35. The van der Waals surface area contributed by atoms with Crippen molar-refractivity contribution in [3.63, 3.8) is 0 Å². The zero-order valence-electron chi connectivity index (χ0n) is 9.53. The van der Waals surface area contributed by atoms with Gasteiger partial charge in [-0.25, -0.2) is 0 Å². The van der Waals surface area contributed by atoms with Crippen LogP contribution < -0.4 is 10.2 Å². The molecule has 1 rings (SSSR count). The fraction of sp³-hybridized carbons (Fsp3) is 0.500. The molecule has 0 saturated heterocycles. The molecule has 0 radical (unpaired) electrons. The summed E-state index contributed by atoms with van der Waals surface area (Å²) in [6.45, 7) is 1.20. The average molecular weight is 208 g/mol. The molecule has 0 unspecified atom stereocenters. The van der Waals surface area contributed by atoms with Crippen LogP contribution in [-0.2, 0) is 0 Å². The Hall–Kier alpha value is -1.22. The van der Waals surface area contributed by atoms with Gasteiger partial charge in [-0.3, -0.25) is 0 Å². The molecule has 84 valence electrons. The average Bonchev–Trinajstić information content (AvgIpc) is 2.25. The Bertz CT molecular complexity index is 269. The van der Waals surface area contributed by atoms with Crippen LogP contribution in [0.4, 0.5) is 11.4 Å². The minimum absolute atomic E-state index is 0.279. The fourth-order valence-electron chi connectivity index (χ4n) is 1.35. The molecule has 0 bridgehead atoms. The van der Waals surface area contributed by atoms with Crippen LogP contribution in [0.2, 0.25) is 0 Å². The number of hydrogen-bond acceptors (Lipinski definition) is 3. The number of aliphatic hydroxyl groups excluding tert-OH is 1. The van der Waals surface area contributed by atoms with Crippen LogP contribution in [0.3, 0.4) is 0 Å². The van der Waals surface area contributed by atoms with Gasteiger partial charge in [0.05, 0.1) is 0 Å². The Balaban J connectivity index is 2.36. The predicted molar refractivity (Wildman–Crippen MR) is 65.6 cm³/mol. The molecule has 1 aromatic carbocycles. The summed E-state index contributed by atoms with van der Waals surface area (Å²) in [4.78, 5) is 2.08. The van der Waals surface area contributed by atoms with Gasteiger partial charge in [-0.15, -0.1) is 0 Å². The van der Waals surface area contributed by atoms with Crippen LogP contribution in [0.1, 0.15) is 12.8 Å². The maximum Gasteiger partial charge on any atom is 0.0431 e. The van der Waals surface area contributed by atoms with Crippen molar-refractivity contribution in [2.75, 3.05) is 37.5 Å². The second-order valence-electron chi connectivity index (χ2n) is 3.80. The molecule has 0 aliphatic carbocycles. The predicted octanol–water partition coefficient (Wildman–Crippen LogP) is 1.94. The van der Waals surface area contributed by atoms with E-state index in [2.05, 4.69) is 34.5 Å². The molecule has 0 amide bonds. The highest BCUT2D eigenvalue weighted by Gasteiger charge is 1.95. The maximum atomic E-state index is 8.63. The Morgan fingerprint density at radius 3 is 2.33 bits per heavy atom. The van der Waals surface area contributed by atoms with Gasteiger partial charge in [0.25, 0.3) is 0 Å². The van der Waals surface area contributed by atoms with E-state index in [4.69, 9.17) is 5.11 Å². The minimum atomic E-state index is 0.279. The van der Waals surface area contributed by atoms with Crippen molar-refractivity contribution < 1.29 is 5.11 Å². The highest BCUT2D eigenvalue weighted by atomic mass is 16.2. The van der Waals surface area contributed by atoms with E-state index in [-0.39, 0.29) is 6.61 Å². The molecule has 0 saturated carbocycles. The van der Waals surface area contributed by atoms with Crippen LogP contribution in [0.15, 0.2) is 24.3 Å². The van der Waals surface area contributed by atoms with Gasteiger partial charge in [0.15, 0.2) is 0 Å². The molecule has 0 heterocycles. The molecule has 3 heteroatoms. The number of aliphatic hydroxyl groups is 1. The number of rotatable bonds is 6. The summed E-state index contributed by atoms with van der Waals surface area (Å²) in [6, 6.07) is 8.34. The van der Waals surface area contributed by atoms with Gasteiger partial charge in [0.2, 0.25) is 0 Å². The highest BCUT2D eigenvalue weighted by molar-refractivity contribution is 5.54. The number of nitrogens with one attached hydrogen (secondary N) is 1. The van der Waals surface area contributed by atoms with Gasteiger partial charge in [-0.1, -0.05) is 0 Å². The van der Waals surface area contributed by atoms with E-state index in [9.17, 15) is 0 Å². The van der Waals surface area contributed by atoms with E-state index >= 15 is 0 Å². The maximum absolute atomic E-state index is 8.63. The lowest BCUT2D eigenvalue weighted by atomic mass is 10.2. The quantitative estimate of drug-likeness (QED) is 0.701. The Morgan fingerprint density at radius 1 is 1.13 bits per heavy atom. The zero-order chi connectivity index (χ0) is 11.1. The summed E-state index contributed by atoms with van der Waals surface area (Å²) in [5, 5.41) is 11.9. The van der Waals surface area contributed by atoms with Crippen molar-refractivity contribution in [2.24, 2.45) is 0 Å². The van der Waals surface area contributed by atoms with Gasteiger partial charge < -0.3 is 15.3 Å². The van der Waals surface area contributed by atoms with E-state index < -0.39 is 0 Å². The van der Waals surface area contributed by atoms with E-state index in [1.165, 1.54) is 5.69 Å². The molecule has 1 aromatic rings. The van der Waals surface area contributed by atoms with Crippen molar-refractivity contribution in [1.82, 2.24) is 0 Å². The lowest BCUT2D eigenvalue weighted by Crippen LogP contribution is -2.08. The Morgan fingerprint density at radius 2 is 1.80 bits per heavy atom. The topological polar surface area (TPSA) is 35.5 Å². The summed E-state index contributed by atoms with van der Waals surface area (Å²) in [6.07, 6.45) is 1.87. The highest BCUT2D eigenvalue weighted by Crippen LogP contribution is 2.15. The second kappa shape index (κ2) is 6.30. The van der Waals surface area contributed by atoms with E-state index in [0.29, 0.717) is 0 Å². The monoisotopic (exact) mass is 208 g/mol. The van der Waals surface area contributed by atoms with Crippen LogP contribution >= 0.6 is 0 Å². The second-order valence-corrected chi connectivity index (χ2v) is 3.80. The molecule has 0 atom stereocenters. The van der Waals surface area contributed by atoms with Gasteiger partial charge >= 0.3 is 0 Å². The number of anilines is 2. The van der Waals surface area contributed by atoms with Gasteiger partial charge in [0.1, 0.15) is 0 Å². The van der Waals surface area contributed by atoms with E-state index in [0.717, 1.165) is 25.1 Å². The third-order valence-corrected chi connectivity index (χ3v) is 2.30. The zero-order valence-corrected chi connectivity index (χ0v) is 9.53. The molecule has 3 nitrogen and oxygen atoms in total. The molecule has 15 heavy (non-hydrogen) atoms. The Kier molecular flexibility index (Phi) is 4.98. The standard InChI is InChI=1S/C12H20N2O/c1-14(2)12-7-5-11(6-8-12)13-9-3-4-10-15/h5-8,13,15H,3-4,9-10H2,1-2H3. The van der Waals surface area contributed by atoms with Crippen LogP contribution in [0.5, 0.6) is 0 Å². The van der Waals surface area contributed by atoms with Crippen molar-refractivity contribution in [3.8, 4) is 0 Å². The number of hydrogen-bond donors (Lipinski definition) is 2. The first-order chi connectivity index (χ1) is 7.24. The van der Waals surface area contributed by atoms with E-state index in [1.807, 2.05) is 14.1 Å². The van der Waals surface area contributed by atoms with Crippen molar-refractivity contribution in [1.29, 1.82) is 0 Å². The number of nitrogens with zero attached hydrogens (tertiary/aromatic N) is 1. The van der Waals surface area contributed by atoms with Crippen molar-refractivity contribution >= 4 is 11.4 Å². The molecule has 2 N–H and O–H groups in total. The third-order valence-electron chi connectivity index (χ3n) is 2.30. The molecule has 0 spiro atoms. The van der Waals surface area contributed by atoms with Crippen LogP contribution in [-0.4, -0.2) is 32.4 Å². The lowest BCUT2D eigenvalue weighted by Gasteiger charge is -2.13. The molecular weight excluding hydrogens is 188 g/mol. The van der Waals surface area contributed by atoms with Crippen molar-refractivity contribution in [3.05, 3.63) is 24.3 Å². The molecule has 0 fully saturated rings. The summed E-state index contributed by atoms with van der Waals surface area (Å²) in [5.74, 6) is 0. The summed E-state index contributed by atoms with van der Waals surface area (Å²) in [7, 11) is 4.06. The van der Waals surface area contributed by atoms with Crippen molar-refractivity contribution in [2.45, 2.75) is 12.8 Å². The molecule has 0 aliphatic heterocycles. The molecule has 0 aromatic heterocycles. The summed E-state index contributed by atoms with van der Waals surface area (Å²) in [5.41, 5.74) is 2.34. The molecular formula is C12H20N2O. The summed E-state index contributed by atoms with van der Waals surface area (Å²) >= 11 is 0. The number of unbranched alkanes of at least 4 members (excludes halogenated alkanes) is 1. The van der Waals surface area contributed by atoms with Gasteiger partial charge in [-0.2, -0.15) is 0 Å². The first-order valence-electron chi connectivity index (χ1n) is 5.36. The smallest absolute Gasteiger partial charge is 0.0431 e. The summed E-state index contributed by atoms with van der Waals surface area (Å²) < 4.78 is 0. The lowest BCUT2D eigenvalue weighted by molar-refractivity contribution is 0.286. The Labute approximate surface area is 91.7 Å². The van der Waals surface area contributed by atoms with Gasteiger partial charge in [0, 0.05) is 38.6 Å². The minimum Gasteiger partial charge on any atom is -0.396 e. The van der Waals surface area contributed by atoms with Gasteiger partial charge in [-0.05, 0) is 37.1 Å². The largest absolute Gasteiger partial charge is 0.396 e. The van der Waals surface area contributed by atoms with Crippen LogP contribution in [0.25, 0.3) is 0 Å². The normalized spacial score (nSPS) is 10.1. The van der Waals surface area contributed by atoms with Crippen LogP contribution in [0, 0.1) is 0 Å². The third kappa shape index (κ3) is 4.21. The first-order valence-corrected chi connectivity index (χ1v) is 5.36. The van der Waals surface area contributed by atoms with E-state index in [1.54, 1.807) is 0 Å². The first kappa shape index (κ1) is 11.9. The number of benzene rings is 1. The SMILES string of the molecule is CN(C)c1ccc(NCCCCO)cc1. The molecule has 0 aliphatic rings.